The standard InChI is InChI=1S/C16H29N3O2.2C3H8/c1-3-16(12-21-16)18(2)14-6-10-19(11-7-14)15(20)13-4-8-17-9-5-13;2*1-3-2/h13-14,17H,3-12H2,1-2H3;2*3H2,1-2H3. The predicted octanol–water partition coefficient (Wildman–Crippen LogP) is 3.88. The van der Waals surface area contributed by atoms with E-state index in [0.717, 1.165) is 64.9 Å². The molecule has 3 fully saturated rings. The third kappa shape index (κ3) is 7.35. The molecule has 0 saturated carbocycles. The van der Waals surface area contributed by atoms with E-state index in [4.69, 9.17) is 4.74 Å². The van der Waals surface area contributed by atoms with Gasteiger partial charge >= 0.3 is 0 Å². The van der Waals surface area contributed by atoms with Crippen LogP contribution in [-0.4, -0.2) is 67.3 Å². The molecule has 0 aromatic rings. The number of likely N-dealkylation sites (tertiary alicyclic amines) is 1. The van der Waals surface area contributed by atoms with Gasteiger partial charge in [0.25, 0.3) is 0 Å². The van der Waals surface area contributed by atoms with E-state index in [1.165, 1.54) is 12.8 Å². The third-order valence-electron chi connectivity index (χ3n) is 5.69. The van der Waals surface area contributed by atoms with Crippen molar-refractivity contribution in [3.8, 4) is 0 Å². The Morgan fingerprint density at radius 2 is 1.52 bits per heavy atom. The number of rotatable bonds is 4. The Labute approximate surface area is 168 Å². The fraction of sp³-hybridized carbons (Fsp3) is 0.955. The molecule has 27 heavy (non-hydrogen) atoms. The van der Waals surface area contributed by atoms with Crippen molar-refractivity contribution in [2.75, 3.05) is 39.8 Å². The smallest absolute Gasteiger partial charge is 0.225 e. The number of amides is 1. The highest BCUT2D eigenvalue weighted by molar-refractivity contribution is 5.79. The van der Waals surface area contributed by atoms with E-state index in [2.05, 4.69) is 56.8 Å². The lowest BCUT2D eigenvalue weighted by atomic mass is 9.94. The Balaban J connectivity index is 0.000000540. The summed E-state index contributed by atoms with van der Waals surface area (Å²) >= 11 is 0. The Morgan fingerprint density at radius 3 is 1.93 bits per heavy atom. The van der Waals surface area contributed by atoms with E-state index >= 15 is 0 Å². The van der Waals surface area contributed by atoms with Gasteiger partial charge in [-0.05, 0) is 52.2 Å². The van der Waals surface area contributed by atoms with Gasteiger partial charge in [-0.1, -0.05) is 47.5 Å². The Hall–Kier alpha value is -0.650. The minimum absolute atomic E-state index is 0.00584. The van der Waals surface area contributed by atoms with Crippen molar-refractivity contribution >= 4 is 5.91 Å². The molecule has 5 heteroatoms. The monoisotopic (exact) mass is 383 g/mol. The number of nitrogens with zero attached hydrogens (tertiary/aromatic N) is 2. The molecule has 5 nitrogen and oxygen atoms in total. The zero-order valence-electron chi connectivity index (χ0n) is 18.9. The van der Waals surface area contributed by atoms with Crippen molar-refractivity contribution in [1.29, 1.82) is 0 Å². The summed E-state index contributed by atoms with van der Waals surface area (Å²) in [7, 11) is 2.19. The van der Waals surface area contributed by atoms with Crippen molar-refractivity contribution in [3.63, 3.8) is 0 Å². The highest BCUT2D eigenvalue weighted by atomic mass is 16.6. The molecule has 1 amide bonds. The Kier molecular flexibility index (Phi) is 11.5. The van der Waals surface area contributed by atoms with Crippen LogP contribution in [0.4, 0.5) is 0 Å². The maximum atomic E-state index is 12.6. The zero-order chi connectivity index (χ0) is 20.3. The summed E-state index contributed by atoms with van der Waals surface area (Å²) in [5.74, 6) is 0.653. The van der Waals surface area contributed by atoms with Crippen LogP contribution in [0.25, 0.3) is 0 Å². The molecular formula is C22H45N3O2. The van der Waals surface area contributed by atoms with Crippen molar-refractivity contribution < 1.29 is 9.53 Å². The fourth-order valence-electron chi connectivity index (χ4n) is 3.87. The molecule has 3 aliphatic heterocycles. The van der Waals surface area contributed by atoms with Crippen LogP contribution in [0.5, 0.6) is 0 Å². The van der Waals surface area contributed by atoms with E-state index in [1.807, 2.05) is 0 Å². The minimum Gasteiger partial charge on any atom is -0.354 e. The van der Waals surface area contributed by atoms with Gasteiger partial charge in [0.2, 0.25) is 5.91 Å². The Bertz CT molecular complexity index is 396. The van der Waals surface area contributed by atoms with Crippen LogP contribution in [0.2, 0.25) is 0 Å². The van der Waals surface area contributed by atoms with Gasteiger partial charge in [-0.15, -0.1) is 0 Å². The highest BCUT2D eigenvalue weighted by Gasteiger charge is 2.49. The van der Waals surface area contributed by atoms with Crippen molar-refractivity contribution in [3.05, 3.63) is 0 Å². The lowest BCUT2D eigenvalue weighted by Gasteiger charge is -2.40. The quantitative estimate of drug-likeness (QED) is 0.749. The molecule has 3 rings (SSSR count). The molecular weight excluding hydrogens is 338 g/mol. The lowest BCUT2D eigenvalue weighted by Crippen LogP contribution is -2.51. The predicted molar refractivity (Wildman–Crippen MR) is 114 cm³/mol. The number of likely N-dealkylation sites (N-methyl/N-ethyl adjacent to an activating group) is 1. The number of piperidine rings is 2. The van der Waals surface area contributed by atoms with Crippen LogP contribution >= 0.6 is 0 Å². The Morgan fingerprint density at radius 1 is 1.04 bits per heavy atom. The second-order valence-corrected chi connectivity index (χ2v) is 8.19. The maximum absolute atomic E-state index is 12.6. The van der Waals surface area contributed by atoms with E-state index in [0.29, 0.717) is 11.9 Å². The molecule has 1 atom stereocenters. The molecule has 3 saturated heterocycles. The molecule has 0 radical (unpaired) electrons. The van der Waals surface area contributed by atoms with Crippen molar-refractivity contribution in [2.24, 2.45) is 5.92 Å². The maximum Gasteiger partial charge on any atom is 0.225 e. The number of epoxide rings is 1. The topological polar surface area (TPSA) is 48.1 Å². The van der Waals surface area contributed by atoms with Gasteiger partial charge in [-0.25, -0.2) is 0 Å². The summed E-state index contributed by atoms with van der Waals surface area (Å²) in [6.07, 6.45) is 7.73. The first-order valence-corrected chi connectivity index (χ1v) is 11.4. The zero-order valence-corrected chi connectivity index (χ0v) is 18.9. The lowest BCUT2D eigenvalue weighted by molar-refractivity contribution is -0.138. The van der Waals surface area contributed by atoms with Gasteiger partial charge in [0.15, 0.2) is 0 Å². The molecule has 160 valence electrons. The van der Waals surface area contributed by atoms with Gasteiger partial charge in [0.05, 0.1) is 6.61 Å². The number of carbonyl (C=O) groups excluding carboxylic acids is 1. The second-order valence-electron chi connectivity index (χ2n) is 8.19. The average molecular weight is 384 g/mol. The summed E-state index contributed by atoms with van der Waals surface area (Å²) in [5.41, 5.74) is 0.00584. The van der Waals surface area contributed by atoms with Gasteiger partial charge < -0.3 is 15.0 Å². The highest BCUT2D eigenvalue weighted by Crippen LogP contribution is 2.37. The molecule has 3 aliphatic rings. The van der Waals surface area contributed by atoms with E-state index in [9.17, 15) is 4.79 Å². The van der Waals surface area contributed by atoms with Crippen LogP contribution in [0.1, 0.15) is 79.6 Å². The normalized spacial score (nSPS) is 26.0. The third-order valence-corrected chi connectivity index (χ3v) is 5.69. The number of nitrogens with one attached hydrogen (secondary N) is 1. The molecule has 0 spiro atoms. The summed E-state index contributed by atoms with van der Waals surface area (Å²) < 4.78 is 5.67. The molecule has 0 aliphatic carbocycles. The molecule has 0 aromatic heterocycles. The number of ether oxygens (including phenoxy) is 1. The largest absolute Gasteiger partial charge is 0.354 e. The van der Waals surface area contributed by atoms with Crippen molar-refractivity contribution in [1.82, 2.24) is 15.1 Å². The molecule has 1 N–H and O–H groups in total. The van der Waals surface area contributed by atoms with Crippen LogP contribution in [0.15, 0.2) is 0 Å². The first-order valence-electron chi connectivity index (χ1n) is 11.4. The van der Waals surface area contributed by atoms with E-state index in [1.54, 1.807) is 0 Å². The summed E-state index contributed by atoms with van der Waals surface area (Å²) in [4.78, 5) is 17.1. The second kappa shape index (κ2) is 12.7. The SMILES string of the molecule is CCC.CCC.CCC1(N(C)C2CCN(C(=O)C3CCNCC3)CC2)CO1. The summed E-state index contributed by atoms with van der Waals surface area (Å²) in [6, 6.07) is 0.560. The number of hydrogen-bond acceptors (Lipinski definition) is 4. The van der Waals surface area contributed by atoms with Gasteiger partial charge in [0, 0.05) is 25.0 Å². The number of hydrogen-bond donors (Lipinski definition) is 1. The molecule has 0 aromatic carbocycles. The first-order chi connectivity index (χ1) is 13.0. The fourth-order valence-corrected chi connectivity index (χ4v) is 3.87. The van der Waals surface area contributed by atoms with Crippen LogP contribution in [-0.2, 0) is 9.53 Å². The van der Waals surface area contributed by atoms with Gasteiger partial charge in [0.1, 0.15) is 5.72 Å². The van der Waals surface area contributed by atoms with Crippen LogP contribution in [0, 0.1) is 5.92 Å². The van der Waals surface area contributed by atoms with Gasteiger partial charge in [-0.3, -0.25) is 9.69 Å². The molecule has 3 heterocycles. The van der Waals surface area contributed by atoms with Gasteiger partial charge in [-0.2, -0.15) is 0 Å². The summed E-state index contributed by atoms with van der Waals surface area (Å²) in [5, 5.41) is 3.33. The van der Waals surface area contributed by atoms with E-state index < -0.39 is 0 Å². The molecule has 1 unspecified atom stereocenters. The number of carbonyl (C=O) groups is 1. The average Bonchev–Trinajstić information content (AvgIpc) is 3.50. The first kappa shape index (κ1) is 24.4. The van der Waals surface area contributed by atoms with Crippen LogP contribution < -0.4 is 5.32 Å². The minimum atomic E-state index is 0.00584. The van der Waals surface area contributed by atoms with E-state index in [-0.39, 0.29) is 11.6 Å². The van der Waals surface area contributed by atoms with Crippen molar-refractivity contribution in [2.45, 2.75) is 91.3 Å². The van der Waals surface area contributed by atoms with Crippen LogP contribution in [0.3, 0.4) is 0 Å². The molecule has 0 bridgehead atoms. The summed E-state index contributed by atoms with van der Waals surface area (Å²) in [6.45, 7) is 15.4.